The first-order valence-corrected chi connectivity index (χ1v) is 7.55. The highest BCUT2D eigenvalue weighted by Gasteiger charge is 2.17. The summed E-state index contributed by atoms with van der Waals surface area (Å²) in [5.41, 5.74) is 0.889. The van der Waals surface area contributed by atoms with Crippen molar-refractivity contribution in [2.75, 3.05) is 0 Å². The maximum Gasteiger partial charge on any atom is 0.298 e. The molecule has 0 atom stereocenters. The minimum absolute atomic E-state index is 0.172. The van der Waals surface area contributed by atoms with Gasteiger partial charge >= 0.3 is 0 Å². The summed E-state index contributed by atoms with van der Waals surface area (Å²) in [5.74, 6) is -0.902. The summed E-state index contributed by atoms with van der Waals surface area (Å²) in [6.07, 6.45) is 1.49. The van der Waals surface area contributed by atoms with Gasteiger partial charge in [0.25, 0.3) is 5.56 Å². The summed E-state index contributed by atoms with van der Waals surface area (Å²) < 4.78 is 29.7. The Morgan fingerprint density at radius 1 is 0.960 bits per heavy atom. The Balaban J connectivity index is 2.05. The zero-order valence-corrected chi connectivity index (χ0v) is 13.1. The lowest BCUT2D eigenvalue weighted by atomic mass is 10.2. The Labute approximate surface area is 140 Å². The Kier molecular flexibility index (Phi) is 3.42. The van der Waals surface area contributed by atoms with Crippen molar-refractivity contribution in [3.8, 4) is 11.4 Å². The van der Waals surface area contributed by atoms with Crippen LogP contribution in [0.2, 0.25) is 0 Å². The van der Waals surface area contributed by atoms with E-state index in [0.717, 1.165) is 4.68 Å². The molecular formula is C18H12F2N4O. The van der Waals surface area contributed by atoms with Crippen LogP contribution >= 0.6 is 0 Å². The first-order valence-electron chi connectivity index (χ1n) is 7.55. The molecule has 0 unspecified atom stereocenters. The second kappa shape index (κ2) is 5.62. The van der Waals surface area contributed by atoms with Gasteiger partial charge in [-0.1, -0.05) is 12.1 Å². The summed E-state index contributed by atoms with van der Waals surface area (Å²) in [4.78, 5) is 13.0. The first-order chi connectivity index (χ1) is 12.1. The largest absolute Gasteiger partial charge is 0.298 e. The predicted octanol–water partition coefficient (Wildman–Crippen LogP) is 3.16. The highest BCUT2D eigenvalue weighted by molar-refractivity contribution is 5.81. The molecule has 0 aliphatic heterocycles. The van der Waals surface area contributed by atoms with Crippen LogP contribution < -0.4 is 5.56 Å². The number of aryl methyl sites for hydroxylation is 1. The molecule has 0 spiro atoms. The average Bonchev–Trinajstić information content (AvgIpc) is 3.05. The first kappa shape index (κ1) is 15.2. The molecule has 0 radical (unpaired) electrons. The van der Waals surface area contributed by atoms with Crippen LogP contribution in [0.15, 0.2) is 59.5 Å². The monoisotopic (exact) mass is 338 g/mol. The van der Waals surface area contributed by atoms with Crippen LogP contribution in [0.3, 0.4) is 0 Å². The zero-order chi connectivity index (χ0) is 17.6. The minimum atomic E-state index is -0.491. The standard InChI is InChI=1S/C18H12F2N4O/c1-11-14-10-21-24(16-5-3-2-4-15(16)20)17(14)18(25)23(22-11)13-8-6-12(19)7-9-13/h2-10H,1H3. The fourth-order valence-electron chi connectivity index (χ4n) is 2.73. The van der Waals surface area contributed by atoms with Gasteiger partial charge in [0.2, 0.25) is 0 Å². The highest BCUT2D eigenvalue weighted by atomic mass is 19.1. The van der Waals surface area contributed by atoms with E-state index in [1.165, 1.54) is 41.2 Å². The molecule has 5 nitrogen and oxygen atoms in total. The second-order valence-electron chi connectivity index (χ2n) is 5.55. The van der Waals surface area contributed by atoms with Gasteiger partial charge in [0.1, 0.15) is 22.8 Å². The second-order valence-corrected chi connectivity index (χ2v) is 5.55. The molecule has 7 heteroatoms. The third-order valence-electron chi connectivity index (χ3n) is 3.96. The van der Waals surface area contributed by atoms with E-state index in [0.29, 0.717) is 16.8 Å². The van der Waals surface area contributed by atoms with Gasteiger partial charge in [-0.25, -0.2) is 13.5 Å². The molecule has 0 aliphatic carbocycles. The Bertz CT molecular complexity index is 1150. The molecule has 2 heterocycles. The molecule has 0 aliphatic rings. The number of hydrogen-bond donors (Lipinski definition) is 0. The van der Waals surface area contributed by atoms with Gasteiger partial charge in [0.05, 0.1) is 17.6 Å². The van der Waals surface area contributed by atoms with Crippen LogP contribution in [0.25, 0.3) is 22.3 Å². The Morgan fingerprint density at radius 2 is 1.68 bits per heavy atom. The zero-order valence-electron chi connectivity index (χ0n) is 13.1. The van der Waals surface area contributed by atoms with Crippen molar-refractivity contribution in [3.63, 3.8) is 0 Å². The molecule has 2 aromatic heterocycles. The van der Waals surface area contributed by atoms with Gasteiger partial charge in [-0.05, 0) is 43.3 Å². The smallest absolute Gasteiger partial charge is 0.265 e. The van der Waals surface area contributed by atoms with Crippen molar-refractivity contribution >= 4 is 10.9 Å². The topological polar surface area (TPSA) is 52.7 Å². The van der Waals surface area contributed by atoms with Crippen molar-refractivity contribution in [1.29, 1.82) is 0 Å². The fraction of sp³-hybridized carbons (Fsp3) is 0.0556. The van der Waals surface area contributed by atoms with E-state index >= 15 is 0 Å². The maximum absolute atomic E-state index is 14.2. The van der Waals surface area contributed by atoms with Gasteiger partial charge in [-0.15, -0.1) is 0 Å². The highest BCUT2D eigenvalue weighted by Crippen LogP contribution is 2.20. The minimum Gasteiger partial charge on any atom is -0.265 e. The lowest BCUT2D eigenvalue weighted by Crippen LogP contribution is -2.24. The van der Waals surface area contributed by atoms with E-state index in [9.17, 15) is 13.6 Å². The van der Waals surface area contributed by atoms with Gasteiger partial charge in [0.15, 0.2) is 0 Å². The number of benzene rings is 2. The molecule has 4 aromatic rings. The Morgan fingerprint density at radius 3 is 2.40 bits per heavy atom. The average molecular weight is 338 g/mol. The number of rotatable bonds is 2. The van der Waals surface area contributed by atoms with Crippen LogP contribution in [-0.2, 0) is 0 Å². The van der Waals surface area contributed by atoms with Gasteiger partial charge in [0, 0.05) is 5.39 Å². The van der Waals surface area contributed by atoms with E-state index < -0.39 is 17.2 Å². The van der Waals surface area contributed by atoms with Crippen molar-refractivity contribution < 1.29 is 8.78 Å². The molecule has 0 saturated heterocycles. The van der Waals surface area contributed by atoms with Crippen molar-refractivity contribution in [2.45, 2.75) is 6.92 Å². The number of fused-ring (bicyclic) bond motifs is 1. The van der Waals surface area contributed by atoms with Crippen molar-refractivity contribution in [1.82, 2.24) is 19.6 Å². The predicted molar refractivity (Wildman–Crippen MR) is 89.1 cm³/mol. The molecule has 2 aromatic carbocycles. The maximum atomic E-state index is 14.2. The lowest BCUT2D eigenvalue weighted by molar-refractivity contribution is 0.612. The van der Waals surface area contributed by atoms with Crippen LogP contribution in [0.4, 0.5) is 8.78 Å². The number of para-hydroxylation sites is 1. The number of aromatic nitrogens is 4. The van der Waals surface area contributed by atoms with E-state index in [-0.39, 0.29) is 11.2 Å². The molecule has 0 bridgehead atoms. The summed E-state index contributed by atoms with van der Waals surface area (Å²) in [6, 6.07) is 11.5. The summed E-state index contributed by atoms with van der Waals surface area (Å²) in [7, 11) is 0. The van der Waals surface area contributed by atoms with Gasteiger partial charge in [-0.2, -0.15) is 14.9 Å². The number of halogens is 2. The van der Waals surface area contributed by atoms with Crippen LogP contribution in [0.5, 0.6) is 0 Å². The van der Waals surface area contributed by atoms with E-state index in [2.05, 4.69) is 10.2 Å². The fourth-order valence-corrected chi connectivity index (χ4v) is 2.73. The molecular weight excluding hydrogens is 326 g/mol. The molecule has 4 rings (SSSR count). The molecule has 0 fully saturated rings. The molecule has 0 N–H and O–H groups in total. The summed E-state index contributed by atoms with van der Waals surface area (Å²) in [5, 5.41) is 8.96. The van der Waals surface area contributed by atoms with Crippen LogP contribution in [-0.4, -0.2) is 19.6 Å². The van der Waals surface area contributed by atoms with Crippen molar-refractivity contribution in [3.05, 3.63) is 82.4 Å². The summed E-state index contributed by atoms with van der Waals surface area (Å²) in [6.45, 7) is 1.73. The van der Waals surface area contributed by atoms with Crippen molar-refractivity contribution in [2.24, 2.45) is 0 Å². The Hall–Kier alpha value is -3.35. The molecule has 0 saturated carbocycles. The third kappa shape index (κ3) is 2.40. The van der Waals surface area contributed by atoms with Gasteiger partial charge in [-0.3, -0.25) is 4.79 Å². The van der Waals surface area contributed by atoms with E-state index in [1.54, 1.807) is 25.1 Å². The van der Waals surface area contributed by atoms with Gasteiger partial charge < -0.3 is 0 Å². The SMILES string of the molecule is Cc1nn(-c2ccc(F)cc2)c(=O)c2c1cnn2-c1ccccc1F. The normalized spacial score (nSPS) is 11.2. The molecule has 25 heavy (non-hydrogen) atoms. The number of hydrogen-bond acceptors (Lipinski definition) is 3. The van der Waals surface area contributed by atoms with E-state index in [4.69, 9.17) is 0 Å². The molecule has 124 valence electrons. The van der Waals surface area contributed by atoms with Crippen LogP contribution in [0.1, 0.15) is 5.69 Å². The summed E-state index contributed by atoms with van der Waals surface area (Å²) >= 11 is 0. The van der Waals surface area contributed by atoms with E-state index in [1.807, 2.05) is 0 Å². The quantitative estimate of drug-likeness (QED) is 0.564. The lowest BCUT2D eigenvalue weighted by Gasteiger charge is -2.09. The third-order valence-corrected chi connectivity index (χ3v) is 3.96. The molecule has 0 amide bonds. The number of nitrogens with zero attached hydrogens (tertiary/aromatic N) is 4. The van der Waals surface area contributed by atoms with Crippen LogP contribution in [0, 0.1) is 18.6 Å².